The average molecular weight is 233 g/mol. The van der Waals surface area contributed by atoms with Gasteiger partial charge in [0.05, 0.1) is 0 Å². The predicted molar refractivity (Wildman–Crippen MR) is 73.7 cm³/mol. The van der Waals surface area contributed by atoms with Gasteiger partial charge < -0.3 is 15.5 Å². The quantitative estimate of drug-likeness (QED) is 0.831. The summed E-state index contributed by atoms with van der Waals surface area (Å²) in [4.78, 5) is 2.38. The monoisotopic (exact) mass is 233 g/mol. The highest BCUT2D eigenvalue weighted by atomic mass is 15.2. The topological polar surface area (TPSA) is 27.3 Å². The lowest BCUT2D eigenvalue weighted by atomic mass is 10.1. The van der Waals surface area contributed by atoms with Gasteiger partial charge >= 0.3 is 0 Å². The van der Waals surface area contributed by atoms with Crippen molar-refractivity contribution in [3.05, 3.63) is 29.3 Å². The van der Waals surface area contributed by atoms with Crippen LogP contribution in [-0.2, 0) is 0 Å². The Morgan fingerprint density at radius 3 is 3.00 bits per heavy atom. The first kappa shape index (κ1) is 12.4. The van der Waals surface area contributed by atoms with Crippen molar-refractivity contribution >= 4 is 5.69 Å². The number of rotatable bonds is 3. The molecule has 0 radical (unpaired) electrons. The maximum atomic E-state index is 3.55. The Morgan fingerprint density at radius 2 is 2.24 bits per heavy atom. The molecule has 1 atom stereocenters. The number of nitrogens with one attached hydrogen (secondary N) is 2. The Morgan fingerprint density at radius 1 is 1.41 bits per heavy atom. The molecule has 2 N–H and O–H groups in total. The zero-order valence-corrected chi connectivity index (χ0v) is 11.1. The zero-order valence-electron chi connectivity index (χ0n) is 11.1. The van der Waals surface area contributed by atoms with Gasteiger partial charge in [-0.25, -0.2) is 0 Å². The summed E-state index contributed by atoms with van der Waals surface area (Å²) in [7, 11) is 2.19. The largest absolute Gasteiger partial charge is 0.383 e. The van der Waals surface area contributed by atoms with E-state index < -0.39 is 0 Å². The van der Waals surface area contributed by atoms with Crippen LogP contribution in [0.4, 0.5) is 5.69 Å². The molecule has 1 fully saturated rings. The Hall–Kier alpha value is -1.06. The van der Waals surface area contributed by atoms with Crippen LogP contribution < -0.4 is 10.6 Å². The molecule has 0 aromatic heterocycles. The third-order valence-corrected chi connectivity index (χ3v) is 3.60. The number of anilines is 1. The Balaban J connectivity index is 1.91. The first-order valence-electron chi connectivity index (χ1n) is 6.39. The molecule has 3 nitrogen and oxygen atoms in total. The van der Waals surface area contributed by atoms with E-state index in [1.54, 1.807) is 0 Å². The first-order valence-corrected chi connectivity index (χ1v) is 6.39. The van der Waals surface area contributed by atoms with Crippen LogP contribution in [0.1, 0.15) is 11.1 Å². The smallest absolute Gasteiger partial charge is 0.0373 e. The molecule has 0 aliphatic carbocycles. The van der Waals surface area contributed by atoms with Crippen molar-refractivity contribution in [1.29, 1.82) is 0 Å². The molecule has 0 saturated carbocycles. The summed E-state index contributed by atoms with van der Waals surface area (Å²) < 4.78 is 0. The third-order valence-electron chi connectivity index (χ3n) is 3.60. The molecule has 0 spiro atoms. The van der Waals surface area contributed by atoms with Crippen molar-refractivity contribution in [2.45, 2.75) is 19.9 Å². The van der Waals surface area contributed by atoms with E-state index in [0.29, 0.717) is 6.04 Å². The molecule has 0 bridgehead atoms. The number of piperazine rings is 1. The fourth-order valence-electron chi connectivity index (χ4n) is 2.30. The van der Waals surface area contributed by atoms with Crippen LogP contribution in [0.2, 0.25) is 0 Å². The van der Waals surface area contributed by atoms with Gasteiger partial charge in [-0.05, 0) is 38.1 Å². The Bertz CT molecular complexity index is 376. The molecule has 1 aromatic rings. The molecule has 94 valence electrons. The second-order valence-electron chi connectivity index (χ2n) is 5.04. The molecule has 1 heterocycles. The maximum Gasteiger partial charge on any atom is 0.0373 e. The van der Waals surface area contributed by atoms with E-state index in [-0.39, 0.29) is 0 Å². The van der Waals surface area contributed by atoms with Crippen LogP contribution >= 0.6 is 0 Å². The molecule has 1 saturated heterocycles. The normalized spacial score (nSPS) is 21.5. The van der Waals surface area contributed by atoms with Gasteiger partial charge in [0.2, 0.25) is 0 Å². The fourth-order valence-corrected chi connectivity index (χ4v) is 2.30. The van der Waals surface area contributed by atoms with E-state index in [1.807, 2.05) is 0 Å². The lowest BCUT2D eigenvalue weighted by Gasteiger charge is -2.31. The van der Waals surface area contributed by atoms with Crippen LogP contribution in [0.5, 0.6) is 0 Å². The number of hydrogen-bond acceptors (Lipinski definition) is 3. The average Bonchev–Trinajstić information content (AvgIpc) is 2.31. The molecule has 2 rings (SSSR count). The predicted octanol–water partition coefficient (Wildman–Crippen LogP) is 1.62. The van der Waals surface area contributed by atoms with Gasteiger partial charge in [0.25, 0.3) is 0 Å². The van der Waals surface area contributed by atoms with Gasteiger partial charge in [0.15, 0.2) is 0 Å². The fraction of sp³-hybridized carbons (Fsp3) is 0.571. The standard InChI is InChI=1S/C14H23N3/c1-11-5-4-6-14(12(11)2)16-9-13-10-17(3)8-7-15-13/h4-6,13,15-16H,7-10H2,1-3H3. The number of hydrogen-bond donors (Lipinski definition) is 2. The first-order chi connectivity index (χ1) is 8.16. The molecule has 1 aliphatic rings. The number of nitrogens with zero attached hydrogens (tertiary/aromatic N) is 1. The van der Waals surface area contributed by atoms with Crippen molar-refractivity contribution < 1.29 is 0 Å². The minimum atomic E-state index is 0.550. The van der Waals surface area contributed by atoms with E-state index >= 15 is 0 Å². The van der Waals surface area contributed by atoms with Gasteiger partial charge in [-0.1, -0.05) is 12.1 Å². The Labute approximate surface area is 104 Å². The van der Waals surface area contributed by atoms with Gasteiger partial charge in [-0.2, -0.15) is 0 Å². The van der Waals surface area contributed by atoms with Crippen molar-refractivity contribution in [1.82, 2.24) is 10.2 Å². The van der Waals surface area contributed by atoms with E-state index in [2.05, 4.69) is 54.6 Å². The van der Waals surface area contributed by atoms with Crippen molar-refractivity contribution in [2.75, 3.05) is 38.5 Å². The van der Waals surface area contributed by atoms with Gasteiger partial charge in [-0.15, -0.1) is 0 Å². The minimum absolute atomic E-state index is 0.550. The maximum absolute atomic E-state index is 3.55. The van der Waals surface area contributed by atoms with Crippen LogP contribution in [0.15, 0.2) is 18.2 Å². The molecule has 1 aliphatic heterocycles. The van der Waals surface area contributed by atoms with Gasteiger partial charge in [0.1, 0.15) is 0 Å². The second kappa shape index (κ2) is 5.52. The summed E-state index contributed by atoms with van der Waals surface area (Å²) in [5, 5.41) is 7.10. The van der Waals surface area contributed by atoms with E-state index in [0.717, 1.165) is 26.2 Å². The minimum Gasteiger partial charge on any atom is -0.383 e. The summed E-state index contributed by atoms with van der Waals surface area (Å²) in [6.45, 7) is 8.70. The number of aryl methyl sites for hydroxylation is 1. The number of likely N-dealkylation sites (N-methyl/N-ethyl adjacent to an activating group) is 1. The van der Waals surface area contributed by atoms with E-state index in [1.165, 1.54) is 16.8 Å². The van der Waals surface area contributed by atoms with Gasteiger partial charge in [0, 0.05) is 37.9 Å². The summed E-state index contributed by atoms with van der Waals surface area (Å²) >= 11 is 0. The molecule has 0 amide bonds. The second-order valence-corrected chi connectivity index (χ2v) is 5.04. The SMILES string of the molecule is Cc1cccc(NCC2CN(C)CCN2)c1C. The van der Waals surface area contributed by atoms with Crippen molar-refractivity contribution in [3.63, 3.8) is 0 Å². The highest BCUT2D eigenvalue weighted by Gasteiger charge is 2.15. The Kier molecular flexibility index (Phi) is 4.02. The van der Waals surface area contributed by atoms with Crippen LogP contribution in [0.25, 0.3) is 0 Å². The van der Waals surface area contributed by atoms with Crippen LogP contribution in [0.3, 0.4) is 0 Å². The van der Waals surface area contributed by atoms with E-state index in [4.69, 9.17) is 0 Å². The lowest BCUT2D eigenvalue weighted by Crippen LogP contribution is -2.51. The van der Waals surface area contributed by atoms with Crippen LogP contribution in [-0.4, -0.2) is 44.2 Å². The molecular weight excluding hydrogens is 210 g/mol. The van der Waals surface area contributed by atoms with E-state index in [9.17, 15) is 0 Å². The summed E-state index contributed by atoms with van der Waals surface area (Å²) in [6, 6.07) is 6.99. The summed E-state index contributed by atoms with van der Waals surface area (Å²) in [5.41, 5.74) is 3.97. The highest BCUT2D eigenvalue weighted by molar-refractivity contribution is 5.53. The highest BCUT2D eigenvalue weighted by Crippen LogP contribution is 2.17. The summed E-state index contributed by atoms with van der Waals surface area (Å²) in [6.07, 6.45) is 0. The van der Waals surface area contributed by atoms with Gasteiger partial charge in [-0.3, -0.25) is 0 Å². The molecule has 3 heteroatoms. The zero-order chi connectivity index (χ0) is 12.3. The molecular formula is C14H23N3. The summed E-state index contributed by atoms with van der Waals surface area (Å²) in [5.74, 6) is 0. The van der Waals surface area contributed by atoms with Crippen molar-refractivity contribution in [2.24, 2.45) is 0 Å². The molecule has 17 heavy (non-hydrogen) atoms. The lowest BCUT2D eigenvalue weighted by molar-refractivity contribution is 0.244. The molecule has 1 unspecified atom stereocenters. The van der Waals surface area contributed by atoms with Crippen molar-refractivity contribution in [3.8, 4) is 0 Å². The number of benzene rings is 1. The molecule has 1 aromatic carbocycles. The third kappa shape index (κ3) is 3.20. The van der Waals surface area contributed by atoms with Crippen LogP contribution in [0, 0.1) is 13.8 Å².